The number of fused-ring (bicyclic) bond motifs is 1. The van der Waals surface area contributed by atoms with Crippen LogP contribution in [0.3, 0.4) is 0 Å². The summed E-state index contributed by atoms with van der Waals surface area (Å²) in [6.45, 7) is 3.34. The average Bonchev–Trinajstić information content (AvgIpc) is 3.17. The number of hydrogen-bond acceptors (Lipinski definition) is 7. The van der Waals surface area contributed by atoms with E-state index < -0.39 is 4.92 Å². The molecule has 2 aliphatic rings. The lowest BCUT2D eigenvalue weighted by atomic mass is 10.0. The van der Waals surface area contributed by atoms with E-state index in [1.165, 1.54) is 36.4 Å². The van der Waals surface area contributed by atoms with Crippen molar-refractivity contribution >= 4 is 23.2 Å². The number of nitrogens with zero attached hydrogens (tertiary/aromatic N) is 3. The van der Waals surface area contributed by atoms with Gasteiger partial charge in [0.2, 0.25) is 5.78 Å². The van der Waals surface area contributed by atoms with E-state index in [-0.39, 0.29) is 28.8 Å². The fourth-order valence-corrected chi connectivity index (χ4v) is 4.33. The summed E-state index contributed by atoms with van der Waals surface area (Å²) in [6, 6.07) is 15.3. The van der Waals surface area contributed by atoms with Crippen molar-refractivity contribution < 1.29 is 24.0 Å². The summed E-state index contributed by atoms with van der Waals surface area (Å²) in [6.07, 6.45) is 1.54. The van der Waals surface area contributed by atoms with Crippen molar-refractivity contribution in [1.82, 2.24) is 4.90 Å². The molecule has 178 valence electrons. The van der Waals surface area contributed by atoms with Gasteiger partial charge in [-0.05, 0) is 60.2 Å². The fourth-order valence-electron chi connectivity index (χ4n) is 4.33. The number of piperazine rings is 1. The second-order valence-corrected chi connectivity index (χ2v) is 8.47. The van der Waals surface area contributed by atoms with Gasteiger partial charge in [-0.3, -0.25) is 19.8 Å². The number of carbonyl (C=O) groups is 1. The molecule has 2 aliphatic heterocycles. The zero-order valence-corrected chi connectivity index (χ0v) is 18.7. The van der Waals surface area contributed by atoms with E-state index in [1.54, 1.807) is 30.3 Å². The van der Waals surface area contributed by atoms with E-state index in [1.807, 2.05) is 0 Å². The number of allylic oxidation sites excluding steroid dienone is 1. The highest BCUT2D eigenvalue weighted by atomic mass is 19.1. The molecule has 0 bridgehead atoms. The van der Waals surface area contributed by atoms with E-state index >= 15 is 0 Å². The number of carbonyl (C=O) groups excluding carboxylic acids is 1. The molecule has 0 aromatic heterocycles. The SMILES string of the molecule is O=C1/C(=C\c2ccc([N+](=O)[O-])cc2)Oc2c1ccc(O)c2CN1CCN(c2ccc(F)cc2)CC1. The number of ether oxygens (including phenoxy) is 1. The summed E-state index contributed by atoms with van der Waals surface area (Å²) in [4.78, 5) is 27.6. The van der Waals surface area contributed by atoms with Crippen molar-refractivity contribution in [3.63, 3.8) is 0 Å². The number of rotatable bonds is 5. The number of phenolic OH excluding ortho intramolecular Hbond substituents is 1. The highest BCUT2D eigenvalue weighted by molar-refractivity contribution is 6.15. The second kappa shape index (κ2) is 9.19. The molecular formula is C26H22FN3O5. The lowest BCUT2D eigenvalue weighted by molar-refractivity contribution is -0.384. The zero-order chi connectivity index (χ0) is 24.5. The van der Waals surface area contributed by atoms with Crippen LogP contribution in [0.1, 0.15) is 21.5 Å². The molecule has 3 aromatic carbocycles. The number of Topliss-reactive ketones (excluding diaryl/α,β-unsaturated/α-hetero) is 1. The number of nitro benzene ring substituents is 1. The lowest BCUT2D eigenvalue weighted by Crippen LogP contribution is -2.46. The number of phenols is 1. The summed E-state index contributed by atoms with van der Waals surface area (Å²) >= 11 is 0. The van der Waals surface area contributed by atoms with Crippen LogP contribution >= 0.6 is 0 Å². The Balaban J connectivity index is 1.31. The summed E-state index contributed by atoms with van der Waals surface area (Å²) in [5, 5.41) is 21.4. The number of aromatic hydroxyl groups is 1. The molecule has 5 rings (SSSR count). The number of nitro groups is 1. The molecule has 0 saturated carbocycles. The third-order valence-electron chi connectivity index (χ3n) is 6.26. The molecule has 2 heterocycles. The molecule has 1 saturated heterocycles. The van der Waals surface area contributed by atoms with Gasteiger partial charge >= 0.3 is 0 Å². The van der Waals surface area contributed by atoms with Gasteiger partial charge in [0.05, 0.1) is 16.1 Å². The van der Waals surface area contributed by atoms with Crippen LogP contribution in [0.2, 0.25) is 0 Å². The second-order valence-electron chi connectivity index (χ2n) is 8.47. The van der Waals surface area contributed by atoms with E-state index in [9.17, 15) is 24.4 Å². The summed E-state index contributed by atoms with van der Waals surface area (Å²) < 4.78 is 19.1. The van der Waals surface area contributed by atoms with E-state index in [0.29, 0.717) is 29.0 Å². The van der Waals surface area contributed by atoms with Gasteiger partial charge in [-0.25, -0.2) is 4.39 Å². The standard InChI is InChI=1S/C26H22FN3O5/c27-18-3-7-19(8-4-18)29-13-11-28(12-14-29)16-22-23(31)10-9-21-25(32)24(35-26(21)22)15-17-1-5-20(6-2-17)30(33)34/h1-10,15,31H,11-14,16H2/b24-15+. The van der Waals surface area contributed by atoms with Crippen LogP contribution in [0.5, 0.6) is 11.5 Å². The number of benzene rings is 3. The first-order valence-corrected chi connectivity index (χ1v) is 11.2. The minimum atomic E-state index is -0.488. The monoisotopic (exact) mass is 475 g/mol. The molecule has 0 spiro atoms. The third-order valence-corrected chi connectivity index (χ3v) is 6.26. The molecule has 1 N–H and O–H groups in total. The number of non-ortho nitro benzene ring substituents is 1. The third kappa shape index (κ3) is 4.58. The Morgan fingerprint density at radius 1 is 1.00 bits per heavy atom. The van der Waals surface area contributed by atoms with Crippen LogP contribution in [0.15, 0.2) is 66.4 Å². The Morgan fingerprint density at radius 2 is 1.69 bits per heavy atom. The van der Waals surface area contributed by atoms with Crippen LogP contribution in [-0.2, 0) is 6.54 Å². The first-order valence-electron chi connectivity index (χ1n) is 11.2. The quantitative estimate of drug-likeness (QED) is 0.332. The molecule has 0 radical (unpaired) electrons. The van der Waals surface area contributed by atoms with Gasteiger partial charge in [0.15, 0.2) is 5.76 Å². The smallest absolute Gasteiger partial charge is 0.269 e. The Hall–Kier alpha value is -4.24. The first kappa shape index (κ1) is 22.5. The van der Waals surface area contributed by atoms with Crippen molar-refractivity contribution in [2.45, 2.75) is 6.54 Å². The van der Waals surface area contributed by atoms with E-state index in [4.69, 9.17) is 4.74 Å². The summed E-state index contributed by atoms with van der Waals surface area (Å²) in [7, 11) is 0. The van der Waals surface area contributed by atoms with Crippen LogP contribution in [0.4, 0.5) is 15.8 Å². The zero-order valence-electron chi connectivity index (χ0n) is 18.7. The molecule has 1 fully saturated rings. The Labute approximate surface area is 200 Å². The number of halogens is 1. The lowest BCUT2D eigenvalue weighted by Gasteiger charge is -2.36. The molecule has 8 nitrogen and oxygen atoms in total. The predicted octanol–water partition coefficient (Wildman–Crippen LogP) is 4.38. The molecule has 0 amide bonds. The van der Waals surface area contributed by atoms with Gasteiger partial charge in [-0.1, -0.05) is 0 Å². The molecule has 3 aromatic rings. The molecular weight excluding hydrogens is 453 g/mol. The molecule has 0 aliphatic carbocycles. The maximum absolute atomic E-state index is 13.2. The Bertz CT molecular complexity index is 1310. The maximum Gasteiger partial charge on any atom is 0.269 e. The highest BCUT2D eigenvalue weighted by Crippen LogP contribution is 2.40. The van der Waals surface area contributed by atoms with Crippen molar-refractivity contribution in [1.29, 1.82) is 0 Å². The van der Waals surface area contributed by atoms with Gasteiger partial charge < -0.3 is 14.7 Å². The van der Waals surface area contributed by atoms with Crippen LogP contribution in [-0.4, -0.2) is 46.9 Å². The van der Waals surface area contributed by atoms with Gasteiger partial charge in [0, 0.05) is 50.5 Å². The van der Waals surface area contributed by atoms with Crippen LogP contribution in [0, 0.1) is 15.9 Å². The topological polar surface area (TPSA) is 96.1 Å². The number of anilines is 1. The van der Waals surface area contributed by atoms with Gasteiger partial charge in [-0.2, -0.15) is 0 Å². The Kier molecular flexibility index (Phi) is 5.92. The maximum atomic E-state index is 13.2. The van der Waals surface area contributed by atoms with Gasteiger partial charge in [0.25, 0.3) is 5.69 Å². The minimum absolute atomic E-state index is 0.0409. The van der Waals surface area contributed by atoms with Crippen molar-refractivity contribution in [3.8, 4) is 11.5 Å². The molecule has 9 heteroatoms. The number of ketones is 1. The van der Waals surface area contributed by atoms with Crippen LogP contribution < -0.4 is 9.64 Å². The van der Waals surface area contributed by atoms with Crippen LogP contribution in [0.25, 0.3) is 6.08 Å². The average molecular weight is 475 g/mol. The van der Waals surface area contributed by atoms with Gasteiger partial charge in [0.1, 0.15) is 17.3 Å². The first-order chi connectivity index (χ1) is 16.9. The molecule has 35 heavy (non-hydrogen) atoms. The normalized spacial score (nSPS) is 16.9. The predicted molar refractivity (Wildman–Crippen MR) is 128 cm³/mol. The van der Waals surface area contributed by atoms with Crippen molar-refractivity contribution in [3.05, 3.63) is 99.0 Å². The largest absolute Gasteiger partial charge is 0.507 e. The fraction of sp³-hybridized carbons (Fsp3) is 0.192. The van der Waals surface area contributed by atoms with E-state index in [0.717, 1.165) is 31.9 Å². The molecule has 0 unspecified atom stereocenters. The number of hydrogen-bond donors (Lipinski definition) is 1. The van der Waals surface area contributed by atoms with Gasteiger partial charge in [-0.15, -0.1) is 0 Å². The van der Waals surface area contributed by atoms with Crippen molar-refractivity contribution in [2.24, 2.45) is 0 Å². The van der Waals surface area contributed by atoms with E-state index in [2.05, 4.69) is 9.80 Å². The minimum Gasteiger partial charge on any atom is -0.507 e. The highest BCUT2D eigenvalue weighted by Gasteiger charge is 2.32. The summed E-state index contributed by atoms with van der Waals surface area (Å²) in [5.41, 5.74) is 2.42. The Morgan fingerprint density at radius 3 is 2.34 bits per heavy atom. The summed E-state index contributed by atoms with van der Waals surface area (Å²) in [5.74, 6) is -0.0851. The van der Waals surface area contributed by atoms with Crippen molar-refractivity contribution in [2.75, 3.05) is 31.1 Å². The molecule has 0 atom stereocenters.